The Labute approximate surface area is 130 Å². The first-order valence-corrected chi connectivity index (χ1v) is 8.52. The molecule has 1 heterocycles. The molecule has 124 valence electrons. The van der Waals surface area contributed by atoms with Crippen LogP contribution >= 0.6 is 0 Å². The minimum absolute atomic E-state index is 0.0688. The first-order chi connectivity index (χ1) is 10.5. The normalized spacial score (nSPS) is 34.0. The molecule has 2 amide bonds. The summed E-state index contributed by atoms with van der Waals surface area (Å²) >= 11 is 0. The Morgan fingerprint density at radius 1 is 1.05 bits per heavy atom. The highest BCUT2D eigenvalue weighted by Gasteiger charge is 2.51. The number of carbonyl (C=O) groups is 2. The number of nitrogens with one attached hydrogen (secondary N) is 1. The summed E-state index contributed by atoms with van der Waals surface area (Å²) < 4.78 is 0. The Hall–Kier alpha value is -1.30. The molecule has 1 atom stereocenters. The van der Waals surface area contributed by atoms with Crippen molar-refractivity contribution in [1.29, 1.82) is 0 Å². The largest absolute Gasteiger partial charge is 0.481 e. The van der Waals surface area contributed by atoms with Crippen molar-refractivity contribution in [3.8, 4) is 0 Å². The van der Waals surface area contributed by atoms with E-state index in [-0.39, 0.29) is 23.5 Å². The molecular weight excluding hydrogens is 284 g/mol. The number of nitrogens with zero attached hydrogens (tertiary/aromatic N) is 1. The van der Waals surface area contributed by atoms with Gasteiger partial charge in [-0.2, -0.15) is 0 Å². The van der Waals surface area contributed by atoms with Crippen molar-refractivity contribution < 1.29 is 19.8 Å². The number of carboxylic acid groups (broad SMARTS) is 1. The molecule has 6 nitrogen and oxygen atoms in total. The SMILES string of the molecule is O=C(O)C1CCC(NC(=O)N2CCC(O)C23CCCC3)CC1. The molecule has 0 aromatic rings. The van der Waals surface area contributed by atoms with Gasteiger partial charge in [-0.05, 0) is 44.9 Å². The maximum atomic E-state index is 12.6. The third-order valence-electron chi connectivity index (χ3n) is 5.90. The Morgan fingerprint density at radius 2 is 1.68 bits per heavy atom. The van der Waals surface area contributed by atoms with E-state index in [1.165, 1.54) is 0 Å². The van der Waals surface area contributed by atoms with Gasteiger partial charge >= 0.3 is 12.0 Å². The van der Waals surface area contributed by atoms with Gasteiger partial charge in [-0.1, -0.05) is 12.8 Å². The van der Waals surface area contributed by atoms with E-state index in [0.717, 1.165) is 38.5 Å². The number of likely N-dealkylation sites (tertiary alicyclic amines) is 1. The lowest BCUT2D eigenvalue weighted by Gasteiger charge is -2.38. The molecule has 3 fully saturated rings. The average Bonchev–Trinajstić information content (AvgIpc) is 3.09. The Kier molecular flexibility index (Phi) is 4.30. The highest BCUT2D eigenvalue weighted by molar-refractivity contribution is 5.76. The van der Waals surface area contributed by atoms with Crippen molar-refractivity contribution in [1.82, 2.24) is 10.2 Å². The highest BCUT2D eigenvalue weighted by Crippen LogP contribution is 2.43. The fraction of sp³-hybridized carbons (Fsp3) is 0.875. The minimum Gasteiger partial charge on any atom is -0.481 e. The van der Waals surface area contributed by atoms with Crippen LogP contribution in [0.25, 0.3) is 0 Å². The molecule has 1 saturated heterocycles. The number of aliphatic carboxylic acids is 1. The molecular formula is C16H26N2O4. The summed E-state index contributed by atoms with van der Waals surface area (Å²) in [6.07, 6.45) is 6.93. The van der Waals surface area contributed by atoms with Crippen LogP contribution in [0, 0.1) is 5.92 Å². The van der Waals surface area contributed by atoms with Gasteiger partial charge in [0.15, 0.2) is 0 Å². The maximum absolute atomic E-state index is 12.6. The molecule has 0 aromatic carbocycles. The molecule has 0 bridgehead atoms. The highest BCUT2D eigenvalue weighted by atomic mass is 16.4. The van der Waals surface area contributed by atoms with Gasteiger partial charge in [0.05, 0.1) is 17.6 Å². The van der Waals surface area contributed by atoms with E-state index < -0.39 is 12.1 Å². The van der Waals surface area contributed by atoms with Crippen molar-refractivity contribution in [3.05, 3.63) is 0 Å². The van der Waals surface area contributed by atoms with E-state index in [4.69, 9.17) is 5.11 Å². The van der Waals surface area contributed by atoms with Crippen LogP contribution < -0.4 is 5.32 Å². The van der Waals surface area contributed by atoms with E-state index in [0.29, 0.717) is 25.8 Å². The molecule has 22 heavy (non-hydrogen) atoms. The van der Waals surface area contributed by atoms with E-state index in [1.54, 1.807) is 0 Å². The molecule has 3 N–H and O–H groups in total. The van der Waals surface area contributed by atoms with Crippen LogP contribution in [-0.4, -0.2) is 51.3 Å². The van der Waals surface area contributed by atoms with Gasteiger partial charge in [-0.25, -0.2) is 4.79 Å². The number of carboxylic acids is 1. The summed E-state index contributed by atoms with van der Waals surface area (Å²) in [6.45, 7) is 0.622. The lowest BCUT2D eigenvalue weighted by Crippen LogP contribution is -2.56. The summed E-state index contributed by atoms with van der Waals surface area (Å²) in [5, 5.41) is 22.4. The number of carbonyl (C=O) groups excluding carboxylic acids is 1. The zero-order chi connectivity index (χ0) is 15.7. The fourth-order valence-corrected chi connectivity index (χ4v) is 4.55. The predicted molar refractivity (Wildman–Crippen MR) is 80.4 cm³/mol. The summed E-state index contributed by atoms with van der Waals surface area (Å²) in [5.41, 5.74) is -0.345. The molecule has 2 saturated carbocycles. The first kappa shape index (κ1) is 15.6. The van der Waals surface area contributed by atoms with Crippen LogP contribution in [0.2, 0.25) is 0 Å². The molecule has 1 aliphatic heterocycles. The monoisotopic (exact) mass is 310 g/mol. The molecule has 6 heteroatoms. The van der Waals surface area contributed by atoms with Crippen molar-refractivity contribution >= 4 is 12.0 Å². The van der Waals surface area contributed by atoms with Crippen LogP contribution in [0.5, 0.6) is 0 Å². The number of urea groups is 1. The van der Waals surface area contributed by atoms with Crippen molar-refractivity contribution in [2.45, 2.75) is 75.5 Å². The molecule has 0 aromatic heterocycles. The van der Waals surface area contributed by atoms with Gasteiger partial charge in [-0.3, -0.25) is 4.79 Å². The third-order valence-corrected chi connectivity index (χ3v) is 5.90. The van der Waals surface area contributed by atoms with Gasteiger partial charge in [0.25, 0.3) is 0 Å². The fourth-order valence-electron chi connectivity index (χ4n) is 4.55. The Balaban J connectivity index is 1.57. The van der Waals surface area contributed by atoms with Crippen molar-refractivity contribution in [2.75, 3.05) is 6.54 Å². The van der Waals surface area contributed by atoms with Gasteiger partial charge < -0.3 is 20.4 Å². The number of aliphatic hydroxyl groups excluding tert-OH is 1. The zero-order valence-electron chi connectivity index (χ0n) is 13.0. The first-order valence-electron chi connectivity index (χ1n) is 8.52. The second-order valence-electron chi connectivity index (χ2n) is 7.10. The van der Waals surface area contributed by atoms with Gasteiger partial charge in [0.1, 0.15) is 0 Å². The molecule has 1 unspecified atom stereocenters. The number of hydrogen-bond donors (Lipinski definition) is 3. The molecule has 3 aliphatic rings. The molecule has 0 radical (unpaired) electrons. The summed E-state index contributed by atoms with van der Waals surface area (Å²) in [7, 11) is 0. The second kappa shape index (κ2) is 6.07. The lowest BCUT2D eigenvalue weighted by molar-refractivity contribution is -0.142. The number of amides is 2. The Bertz CT molecular complexity index is 439. The summed E-state index contributed by atoms with van der Waals surface area (Å²) in [4.78, 5) is 25.5. The Morgan fingerprint density at radius 3 is 2.27 bits per heavy atom. The minimum atomic E-state index is -0.725. The van der Waals surface area contributed by atoms with Crippen molar-refractivity contribution in [3.63, 3.8) is 0 Å². The lowest BCUT2D eigenvalue weighted by atomic mass is 9.86. The van der Waals surface area contributed by atoms with E-state index >= 15 is 0 Å². The van der Waals surface area contributed by atoms with Gasteiger partial charge in [0, 0.05) is 12.6 Å². The van der Waals surface area contributed by atoms with Gasteiger partial charge in [-0.15, -0.1) is 0 Å². The number of aliphatic hydroxyl groups is 1. The third kappa shape index (κ3) is 2.69. The molecule has 1 spiro atoms. The average molecular weight is 310 g/mol. The van der Waals surface area contributed by atoms with Crippen LogP contribution in [0.1, 0.15) is 57.8 Å². The zero-order valence-corrected chi connectivity index (χ0v) is 13.0. The standard InChI is InChI=1S/C16H26N2O4/c19-13-7-10-18(16(13)8-1-2-9-16)15(22)17-12-5-3-11(4-6-12)14(20)21/h11-13,19H,1-10H2,(H,17,22)(H,20,21). The van der Waals surface area contributed by atoms with E-state index in [9.17, 15) is 14.7 Å². The smallest absolute Gasteiger partial charge is 0.318 e. The van der Waals surface area contributed by atoms with Crippen LogP contribution in [-0.2, 0) is 4.79 Å². The van der Waals surface area contributed by atoms with Gasteiger partial charge in [0.2, 0.25) is 0 Å². The number of rotatable bonds is 2. The van der Waals surface area contributed by atoms with Crippen LogP contribution in [0.15, 0.2) is 0 Å². The topological polar surface area (TPSA) is 89.9 Å². The van der Waals surface area contributed by atoms with Crippen LogP contribution in [0.4, 0.5) is 4.79 Å². The quantitative estimate of drug-likeness (QED) is 0.724. The van der Waals surface area contributed by atoms with E-state index in [2.05, 4.69) is 5.32 Å². The van der Waals surface area contributed by atoms with Crippen molar-refractivity contribution in [2.24, 2.45) is 5.92 Å². The van der Waals surface area contributed by atoms with Crippen LogP contribution in [0.3, 0.4) is 0 Å². The predicted octanol–water partition coefficient (Wildman–Crippen LogP) is 1.72. The summed E-state index contributed by atoms with van der Waals surface area (Å²) in [6, 6.07) is -0.00322. The second-order valence-corrected chi connectivity index (χ2v) is 7.10. The maximum Gasteiger partial charge on any atom is 0.318 e. The molecule has 2 aliphatic carbocycles. The number of hydrogen-bond acceptors (Lipinski definition) is 3. The molecule has 3 rings (SSSR count). The summed E-state index contributed by atoms with van der Waals surface area (Å²) in [5.74, 6) is -0.986. The van der Waals surface area contributed by atoms with E-state index in [1.807, 2.05) is 4.90 Å².